The maximum atomic E-state index is 11.1. The van der Waals surface area contributed by atoms with Gasteiger partial charge in [-0.1, -0.05) is 6.07 Å². The summed E-state index contributed by atoms with van der Waals surface area (Å²) < 4.78 is 21.9. The number of carbonyl (C=O) groups excluding carboxylic acids is 1. The topological polar surface area (TPSA) is 63.2 Å². The SMILES string of the molecule is CS(=O)(=O)/C=C/c1ccc2c(c1)CC(=O)N2. The van der Waals surface area contributed by atoms with E-state index in [0.29, 0.717) is 6.42 Å². The maximum Gasteiger partial charge on any atom is 0.228 e. The summed E-state index contributed by atoms with van der Waals surface area (Å²) in [6.45, 7) is 0. The lowest BCUT2D eigenvalue weighted by Gasteiger charge is -1.99. The van der Waals surface area contributed by atoms with Crippen molar-refractivity contribution in [2.24, 2.45) is 0 Å². The van der Waals surface area contributed by atoms with E-state index in [9.17, 15) is 13.2 Å². The molecule has 1 aromatic rings. The minimum absolute atomic E-state index is 0.0285. The highest BCUT2D eigenvalue weighted by Gasteiger charge is 2.16. The molecule has 1 heterocycles. The Morgan fingerprint density at radius 1 is 1.38 bits per heavy atom. The molecule has 0 aliphatic carbocycles. The molecule has 1 aliphatic rings. The summed E-state index contributed by atoms with van der Waals surface area (Å²) in [5, 5.41) is 3.87. The van der Waals surface area contributed by atoms with Crippen molar-refractivity contribution in [3.63, 3.8) is 0 Å². The molecular weight excluding hydrogens is 226 g/mol. The van der Waals surface area contributed by atoms with Crippen LogP contribution in [-0.2, 0) is 21.1 Å². The number of hydrogen-bond donors (Lipinski definition) is 1. The monoisotopic (exact) mass is 237 g/mol. The molecule has 0 unspecified atom stereocenters. The van der Waals surface area contributed by atoms with E-state index >= 15 is 0 Å². The molecule has 5 heteroatoms. The van der Waals surface area contributed by atoms with Crippen LogP contribution in [0.1, 0.15) is 11.1 Å². The van der Waals surface area contributed by atoms with Crippen LogP contribution in [-0.4, -0.2) is 20.6 Å². The molecule has 0 bridgehead atoms. The third kappa shape index (κ3) is 2.49. The zero-order chi connectivity index (χ0) is 11.8. The van der Waals surface area contributed by atoms with Gasteiger partial charge in [-0.05, 0) is 29.3 Å². The van der Waals surface area contributed by atoms with E-state index in [0.717, 1.165) is 28.5 Å². The average Bonchev–Trinajstić information content (AvgIpc) is 2.52. The molecule has 0 saturated carbocycles. The first kappa shape index (κ1) is 10.9. The van der Waals surface area contributed by atoms with Gasteiger partial charge in [-0.3, -0.25) is 4.79 Å². The van der Waals surface area contributed by atoms with Crippen molar-refractivity contribution < 1.29 is 13.2 Å². The second-order valence-electron chi connectivity index (χ2n) is 3.77. The van der Waals surface area contributed by atoms with E-state index in [1.54, 1.807) is 12.1 Å². The molecule has 1 aliphatic heterocycles. The van der Waals surface area contributed by atoms with Crippen molar-refractivity contribution >= 4 is 27.5 Å². The minimum atomic E-state index is -3.11. The van der Waals surface area contributed by atoms with Gasteiger partial charge in [0.1, 0.15) is 0 Å². The molecule has 84 valence electrons. The molecule has 1 aromatic carbocycles. The number of sulfone groups is 1. The lowest BCUT2D eigenvalue weighted by Crippen LogP contribution is -2.03. The molecule has 0 atom stereocenters. The minimum Gasteiger partial charge on any atom is -0.326 e. The average molecular weight is 237 g/mol. The van der Waals surface area contributed by atoms with Gasteiger partial charge in [0.15, 0.2) is 9.84 Å². The van der Waals surface area contributed by atoms with E-state index in [1.807, 2.05) is 6.07 Å². The quantitative estimate of drug-likeness (QED) is 0.840. The smallest absolute Gasteiger partial charge is 0.228 e. The van der Waals surface area contributed by atoms with Gasteiger partial charge < -0.3 is 5.32 Å². The van der Waals surface area contributed by atoms with Crippen molar-refractivity contribution in [1.29, 1.82) is 0 Å². The predicted octanol–water partition coefficient (Wildman–Crippen LogP) is 1.20. The van der Waals surface area contributed by atoms with Gasteiger partial charge in [-0.2, -0.15) is 0 Å². The lowest BCUT2D eigenvalue weighted by atomic mass is 10.1. The Kier molecular flexibility index (Phi) is 2.55. The van der Waals surface area contributed by atoms with Crippen molar-refractivity contribution in [2.45, 2.75) is 6.42 Å². The van der Waals surface area contributed by atoms with E-state index in [2.05, 4.69) is 5.32 Å². The summed E-state index contributed by atoms with van der Waals surface area (Å²) in [6.07, 6.45) is 3.02. The Hall–Kier alpha value is -1.62. The first-order valence-corrected chi connectivity index (χ1v) is 6.70. The Bertz CT molecular complexity index is 573. The number of nitrogens with one attached hydrogen (secondary N) is 1. The molecule has 16 heavy (non-hydrogen) atoms. The van der Waals surface area contributed by atoms with Crippen molar-refractivity contribution in [1.82, 2.24) is 0 Å². The van der Waals surface area contributed by atoms with Crippen LogP contribution in [0, 0.1) is 0 Å². The van der Waals surface area contributed by atoms with Crippen molar-refractivity contribution in [3.8, 4) is 0 Å². The zero-order valence-corrected chi connectivity index (χ0v) is 9.54. The number of fused-ring (bicyclic) bond motifs is 1. The summed E-state index contributed by atoms with van der Waals surface area (Å²) in [4.78, 5) is 11.1. The van der Waals surface area contributed by atoms with E-state index in [4.69, 9.17) is 0 Å². The van der Waals surface area contributed by atoms with Crippen molar-refractivity contribution in [2.75, 3.05) is 11.6 Å². The second kappa shape index (κ2) is 3.75. The second-order valence-corrected chi connectivity index (χ2v) is 5.71. The predicted molar refractivity (Wildman–Crippen MR) is 62.7 cm³/mol. The fourth-order valence-corrected chi connectivity index (χ4v) is 1.96. The van der Waals surface area contributed by atoms with Gasteiger partial charge >= 0.3 is 0 Å². The van der Waals surface area contributed by atoms with Crippen molar-refractivity contribution in [3.05, 3.63) is 34.7 Å². The van der Waals surface area contributed by atoms with Crippen LogP contribution < -0.4 is 5.32 Å². The molecule has 4 nitrogen and oxygen atoms in total. The molecule has 0 aromatic heterocycles. The standard InChI is InChI=1S/C11H11NO3S/c1-16(14,15)5-4-8-2-3-10-9(6-8)7-11(13)12-10/h2-6H,7H2,1H3,(H,12,13)/b5-4+. The van der Waals surface area contributed by atoms with Gasteiger partial charge in [0.2, 0.25) is 5.91 Å². The number of benzene rings is 1. The number of hydrogen-bond acceptors (Lipinski definition) is 3. The Morgan fingerprint density at radius 3 is 2.81 bits per heavy atom. The zero-order valence-electron chi connectivity index (χ0n) is 8.73. The molecular formula is C11H11NO3S. The summed E-state index contributed by atoms with van der Waals surface area (Å²) in [6, 6.07) is 5.36. The van der Waals surface area contributed by atoms with Crippen LogP contribution >= 0.6 is 0 Å². The normalized spacial score (nSPS) is 15.2. The molecule has 0 radical (unpaired) electrons. The Labute approximate surface area is 93.9 Å². The summed E-state index contributed by atoms with van der Waals surface area (Å²) >= 11 is 0. The molecule has 2 rings (SSSR count). The van der Waals surface area contributed by atoms with Crippen LogP contribution in [0.2, 0.25) is 0 Å². The first-order chi connectivity index (χ1) is 7.44. The van der Waals surface area contributed by atoms with E-state index in [1.165, 1.54) is 6.08 Å². The first-order valence-electron chi connectivity index (χ1n) is 4.75. The highest BCUT2D eigenvalue weighted by Crippen LogP contribution is 2.24. The van der Waals surface area contributed by atoms with Gasteiger partial charge in [-0.25, -0.2) is 8.42 Å². The molecule has 0 fully saturated rings. The van der Waals surface area contributed by atoms with E-state index < -0.39 is 9.84 Å². The third-order valence-electron chi connectivity index (χ3n) is 2.26. The summed E-state index contributed by atoms with van der Waals surface area (Å²) in [5.41, 5.74) is 2.49. The van der Waals surface area contributed by atoms with Crippen LogP contribution in [0.15, 0.2) is 23.6 Å². The molecule has 0 spiro atoms. The number of rotatable bonds is 2. The largest absolute Gasteiger partial charge is 0.326 e. The molecule has 1 amide bonds. The molecule has 0 saturated heterocycles. The van der Waals surface area contributed by atoms with Crippen LogP contribution in [0.3, 0.4) is 0 Å². The van der Waals surface area contributed by atoms with E-state index in [-0.39, 0.29) is 5.91 Å². The van der Waals surface area contributed by atoms with Gasteiger partial charge in [0.25, 0.3) is 0 Å². The third-order valence-corrected chi connectivity index (χ3v) is 2.89. The van der Waals surface area contributed by atoms with Crippen LogP contribution in [0.4, 0.5) is 5.69 Å². The lowest BCUT2D eigenvalue weighted by molar-refractivity contribution is -0.115. The number of amides is 1. The number of carbonyl (C=O) groups is 1. The maximum absolute atomic E-state index is 11.1. The van der Waals surface area contributed by atoms with Gasteiger partial charge in [0.05, 0.1) is 6.42 Å². The molecule has 1 N–H and O–H groups in total. The Morgan fingerprint density at radius 2 is 2.12 bits per heavy atom. The van der Waals surface area contributed by atoms with Gasteiger partial charge in [0, 0.05) is 17.4 Å². The summed E-state index contributed by atoms with van der Waals surface area (Å²) in [7, 11) is -3.11. The number of anilines is 1. The van der Waals surface area contributed by atoms with Crippen LogP contribution in [0.25, 0.3) is 6.08 Å². The Balaban J connectivity index is 2.30. The van der Waals surface area contributed by atoms with Crippen LogP contribution in [0.5, 0.6) is 0 Å². The fraction of sp³-hybridized carbons (Fsp3) is 0.182. The summed E-state index contributed by atoms with van der Waals surface area (Å²) in [5.74, 6) is -0.0285. The highest BCUT2D eigenvalue weighted by molar-refractivity contribution is 7.93. The van der Waals surface area contributed by atoms with Gasteiger partial charge in [-0.15, -0.1) is 0 Å². The highest BCUT2D eigenvalue weighted by atomic mass is 32.2. The fourth-order valence-electron chi connectivity index (χ4n) is 1.56.